The summed E-state index contributed by atoms with van der Waals surface area (Å²) in [6.45, 7) is 1.06. The molecule has 2 nitrogen and oxygen atoms in total. The van der Waals surface area contributed by atoms with Crippen molar-refractivity contribution >= 4 is 17.6 Å². The number of alkyl halides is 1. The molecule has 1 aliphatic rings. The lowest BCUT2D eigenvalue weighted by molar-refractivity contribution is -0.150. The fraction of sp³-hybridized carbons (Fsp3) is 0.417. The van der Waals surface area contributed by atoms with Gasteiger partial charge in [-0.2, -0.15) is 0 Å². The van der Waals surface area contributed by atoms with Gasteiger partial charge >= 0.3 is 5.97 Å². The lowest BCUT2D eigenvalue weighted by atomic mass is 9.91. The van der Waals surface area contributed by atoms with E-state index in [1.165, 1.54) is 6.07 Å². The molecule has 0 amide bonds. The van der Waals surface area contributed by atoms with E-state index in [2.05, 4.69) is 0 Å². The Hall–Kier alpha value is -1.09. The van der Waals surface area contributed by atoms with Gasteiger partial charge in [0.15, 0.2) is 0 Å². The Balaban J connectivity index is 2.55. The van der Waals surface area contributed by atoms with Gasteiger partial charge in [-0.25, -0.2) is 9.18 Å². The number of carboxylic acid groups (broad SMARTS) is 1. The number of carboxylic acids is 1. The van der Waals surface area contributed by atoms with Crippen LogP contribution in [-0.4, -0.2) is 11.1 Å². The van der Waals surface area contributed by atoms with E-state index in [4.69, 9.17) is 16.7 Å². The smallest absolute Gasteiger partial charge is 0.345 e. The topological polar surface area (TPSA) is 37.3 Å². The van der Waals surface area contributed by atoms with E-state index >= 15 is 0 Å². The van der Waals surface area contributed by atoms with Crippen LogP contribution in [0.1, 0.15) is 36.8 Å². The van der Waals surface area contributed by atoms with Gasteiger partial charge in [0, 0.05) is 10.6 Å². The Bertz CT molecular complexity index is 439. The first kappa shape index (κ1) is 11.4. The molecule has 0 aliphatic heterocycles. The van der Waals surface area contributed by atoms with Crippen LogP contribution in [0.25, 0.3) is 0 Å². The molecule has 1 unspecified atom stereocenters. The largest absolute Gasteiger partial charge is 0.479 e. The Labute approximate surface area is 98.0 Å². The fourth-order valence-electron chi connectivity index (χ4n) is 1.85. The van der Waals surface area contributed by atoms with Gasteiger partial charge in [-0.3, -0.25) is 0 Å². The lowest BCUT2D eigenvalue weighted by Gasteiger charge is -2.20. The third-order valence-electron chi connectivity index (χ3n) is 2.95. The molecular formula is C12H12ClFO2. The van der Waals surface area contributed by atoms with Gasteiger partial charge in [0.2, 0.25) is 5.67 Å². The predicted molar refractivity (Wildman–Crippen MR) is 59.5 cm³/mol. The third kappa shape index (κ3) is 1.80. The van der Waals surface area contributed by atoms with E-state index < -0.39 is 11.6 Å². The quantitative estimate of drug-likeness (QED) is 0.881. The second-order valence-corrected chi connectivity index (χ2v) is 4.69. The number of hydrogen-bond acceptors (Lipinski definition) is 1. The third-order valence-corrected chi connectivity index (χ3v) is 3.28. The van der Waals surface area contributed by atoms with E-state index in [1.54, 1.807) is 12.1 Å². The minimum absolute atomic E-state index is 0.190. The Kier molecular flexibility index (Phi) is 2.66. The molecule has 2 rings (SSSR count). The first-order valence-electron chi connectivity index (χ1n) is 5.15. The van der Waals surface area contributed by atoms with Crippen LogP contribution < -0.4 is 0 Å². The van der Waals surface area contributed by atoms with E-state index in [0.29, 0.717) is 10.6 Å². The lowest BCUT2D eigenvalue weighted by Crippen LogP contribution is -2.28. The van der Waals surface area contributed by atoms with E-state index in [0.717, 1.165) is 19.8 Å². The number of benzene rings is 1. The van der Waals surface area contributed by atoms with Gasteiger partial charge < -0.3 is 5.11 Å². The van der Waals surface area contributed by atoms with Crippen molar-refractivity contribution in [2.45, 2.75) is 31.4 Å². The summed E-state index contributed by atoms with van der Waals surface area (Å²) in [6.07, 6.45) is 1.90. The highest BCUT2D eigenvalue weighted by Gasteiger charge is 2.41. The summed E-state index contributed by atoms with van der Waals surface area (Å²) in [4.78, 5) is 10.9. The molecule has 1 aliphatic carbocycles. The van der Waals surface area contributed by atoms with Crippen LogP contribution in [0.5, 0.6) is 0 Å². The van der Waals surface area contributed by atoms with Crippen LogP contribution in [0.3, 0.4) is 0 Å². The molecule has 0 spiro atoms. The molecule has 86 valence electrons. The van der Waals surface area contributed by atoms with Crippen molar-refractivity contribution in [1.82, 2.24) is 0 Å². The van der Waals surface area contributed by atoms with Gasteiger partial charge in [-0.05, 0) is 37.3 Å². The molecule has 1 aromatic rings. The maximum Gasteiger partial charge on any atom is 0.345 e. The summed E-state index contributed by atoms with van der Waals surface area (Å²) in [5.41, 5.74) is -1.52. The maximum atomic E-state index is 14.1. The van der Waals surface area contributed by atoms with Crippen LogP contribution in [0, 0.1) is 0 Å². The number of aliphatic carboxylic acids is 1. The zero-order chi connectivity index (χ0) is 11.9. The van der Waals surface area contributed by atoms with Crippen molar-refractivity contribution in [2.24, 2.45) is 0 Å². The van der Waals surface area contributed by atoms with Crippen molar-refractivity contribution in [3.63, 3.8) is 0 Å². The normalized spacial score (nSPS) is 19.2. The van der Waals surface area contributed by atoms with Crippen LogP contribution >= 0.6 is 11.6 Å². The van der Waals surface area contributed by atoms with Gasteiger partial charge in [0.25, 0.3) is 0 Å². The molecule has 0 aromatic heterocycles. The molecule has 1 N–H and O–H groups in total. The SMILES string of the molecule is CC(F)(C(=O)O)c1cccc(Cl)c1C1CC1. The average molecular weight is 243 g/mol. The van der Waals surface area contributed by atoms with Gasteiger partial charge in [-0.1, -0.05) is 23.7 Å². The fourth-order valence-corrected chi connectivity index (χ4v) is 2.18. The zero-order valence-corrected chi connectivity index (χ0v) is 9.59. The Morgan fingerprint density at radius 2 is 2.19 bits per heavy atom. The molecular weight excluding hydrogens is 231 g/mol. The molecule has 1 atom stereocenters. The van der Waals surface area contributed by atoms with Crippen molar-refractivity contribution in [3.05, 3.63) is 34.3 Å². The summed E-state index contributed by atoms with van der Waals surface area (Å²) < 4.78 is 14.1. The van der Waals surface area contributed by atoms with Crippen LogP contribution in [-0.2, 0) is 10.5 Å². The number of hydrogen-bond donors (Lipinski definition) is 1. The molecule has 0 heterocycles. The van der Waals surface area contributed by atoms with Crippen LogP contribution in [0.15, 0.2) is 18.2 Å². The highest BCUT2D eigenvalue weighted by molar-refractivity contribution is 6.31. The van der Waals surface area contributed by atoms with Crippen LogP contribution in [0.2, 0.25) is 5.02 Å². The van der Waals surface area contributed by atoms with E-state index in [-0.39, 0.29) is 11.5 Å². The molecule has 1 saturated carbocycles. The molecule has 1 fully saturated rings. The number of rotatable bonds is 3. The second-order valence-electron chi connectivity index (χ2n) is 4.28. The second kappa shape index (κ2) is 3.74. The summed E-state index contributed by atoms with van der Waals surface area (Å²) >= 11 is 6.02. The van der Waals surface area contributed by atoms with E-state index in [9.17, 15) is 9.18 Å². The van der Waals surface area contributed by atoms with Gasteiger partial charge in [-0.15, -0.1) is 0 Å². The Morgan fingerprint density at radius 1 is 1.56 bits per heavy atom. The summed E-state index contributed by atoms with van der Waals surface area (Å²) in [6, 6.07) is 4.77. The predicted octanol–water partition coefficient (Wildman–Crippen LogP) is 3.49. The van der Waals surface area contributed by atoms with Crippen LogP contribution in [0.4, 0.5) is 4.39 Å². The first-order chi connectivity index (χ1) is 7.44. The van der Waals surface area contributed by atoms with Crippen molar-refractivity contribution in [2.75, 3.05) is 0 Å². The number of carbonyl (C=O) groups is 1. The molecule has 16 heavy (non-hydrogen) atoms. The first-order valence-corrected chi connectivity index (χ1v) is 5.53. The average Bonchev–Trinajstić information content (AvgIpc) is 3.00. The monoisotopic (exact) mass is 242 g/mol. The minimum Gasteiger partial charge on any atom is -0.479 e. The molecule has 4 heteroatoms. The molecule has 0 bridgehead atoms. The van der Waals surface area contributed by atoms with Gasteiger partial charge in [0.1, 0.15) is 0 Å². The standard InChI is InChI=1S/C12H12ClFO2/c1-12(14,11(15)16)8-3-2-4-9(13)10(8)7-5-6-7/h2-4,7H,5-6H2,1H3,(H,15,16). The molecule has 1 aromatic carbocycles. The molecule has 0 saturated heterocycles. The zero-order valence-electron chi connectivity index (χ0n) is 8.84. The summed E-state index contributed by atoms with van der Waals surface area (Å²) in [7, 11) is 0. The minimum atomic E-state index is -2.37. The summed E-state index contributed by atoms with van der Waals surface area (Å²) in [5.74, 6) is -1.25. The van der Waals surface area contributed by atoms with Crippen molar-refractivity contribution < 1.29 is 14.3 Å². The maximum absolute atomic E-state index is 14.1. The van der Waals surface area contributed by atoms with Crippen molar-refractivity contribution in [3.8, 4) is 0 Å². The number of halogens is 2. The molecule has 0 radical (unpaired) electrons. The Morgan fingerprint density at radius 3 is 2.69 bits per heavy atom. The van der Waals surface area contributed by atoms with Gasteiger partial charge in [0.05, 0.1) is 0 Å². The summed E-state index contributed by atoms with van der Waals surface area (Å²) in [5, 5.41) is 9.36. The highest BCUT2D eigenvalue weighted by Crippen LogP contribution is 2.47. The van der Waals surface area contributed by atoms with E-state index in [1.807, 2.05) is 0 Å². The van der Waals surface area contributed by atoms with Crippen molar-refractivity contribution in [1.29, 1.82) is 0 Å². The highest BCUT2D eigenvalue weighted by atomic mass is 35.5.